The maximum atomic E-state index is 12.8. The number of aromatic amines is 1. The minimum absolute atomic E-state index is 0.149. The second kappa shape index (κ2) is 5.96. The van der Waals surface area contributed by atoms with Crippen molar-refractivity contribution in [1.29, 1.82) is 0 Å². The Morgan fingerprint density at radius 3 is 2.83 bits per heavy atom. The monoisotopic (exact) mass is 327 g/mol. The summed E-state index contributed by atoms with van der Waals surface area (Å²) in [6.07, 6.45) is 8.46. The summed E-state index contributed by atoms with van der Waals surface area (Å²) < 4.78 is 0. The molecule has 0 radical (unpaired) electrons. The van der Waals surface area contributed by atoms with Crippen molar-refractivity contribution >= 4 is 34.1 Å². The number of benzene rings is 1. The Morgan fingerprint density at radius 2 is 2.00 bits per heavy atom. The first-order valence-corrected chi connectivity index (χ1v) is 8.83. The molecule has 1 aliphatic carbocycles. The number of nitrogens with zero attached hydrogens (tertiary/aromatic N) is 1. The van der Waals surface area contributed by atoms with Crippen molar-refractivity contribution in [3.05, 3.63) is 36.0 Å². The maximum Gasteiger partial charge on any atom is 0.251 e. The molecule has 0 spiro atoms. The number of hydrogen-bond acceptors (Lipinski definition) is 2. The summed E-state index contributed by atoms with van der Waals surface area (Å²) in [4.78, 5) is 17.9. The summed E-state index contributed by atoms with van der Waals surface area (Å²) in [5.74, 6) is 0.149. The molecule has 4 rings (SSSR count). The van der Waals surface area contributed by atoms with Gasteiger partial charge >= 0.3 is 0 Å². The van der Waals surface area contributed by atoms with Crippen molar-refractivity contribution in [3.8, 4) is 0 Å². The lowest BCUT2D eigenvalue weighted by molar-refractivity contribution is -0.129. The van der Waals surface area contributed by atoms with E-state index in [1.165, 1.54) is 24.6 Å². The van der Waals surface area contributed by atoms with Gasteiger partial charge in [-0.2, -0.15) is 0 Å². The van der Waals surface area contributed by atoms with Gasteiger partial charge in [-0.05, 0) is 54.2 Å². The third-order valence-corrected chi connectivity index (χ3v) is 5.36. The molecule has 2 aliphatic rings. The van der Waals surface area contributed by atoms with Gasteiger partial charge in [0, 0.05) is 24.2 Å². The van der Waals surface area contributed by atoms with Crippen LogP contribution in [-0.4, -0.2) is 33.0 Å². The molecule has 4 nitrogen and oxygen atoms in total. The Balaban J connectivity index is 1.50. The van der Waals surface area contributed by atoms with E-state index in [9.17, 15) is 4.79 Å². The van der Waals surface area contributed by atoms with Crippen LogP contribution in [0.2, 0.25) is 0 Å². The standard InChI is InChI=1S/C18H21N3OS/c22-17-16(11-12-6-7-15-13(10-12)8-9-19-15)20-18(23)21(17)14-4-2-1-3-5-14/h6-10,14,16,19H,1-5,11H2,(H,20,23). The van der Waals surface area contributed by atoms with Crippen LogP contribution in [0.5, 0.6) is 0 Å². The molecule has 2 aromatic rings. The second-order valence-corrected chi connectivity index (χ2v) is 6.99. The van der Waals surface area contributed by atoms with Gasteiger partial charge in [-0.15, -0.1) is 0 Å². The van der Waals surface area contributed by atoms with Gasteiger partial charge in [-0.1, -0.05) is 25.3 Å². The van der Waals surface area contributed by atoms with Crippen molar-refractivity contribution in [2.45, 2.75) is 50.6 Å². The first kappa shape index (κ1) is 14.7. The lowest BCUT2D eigenvalue weighted by Gasteiger charge is -2.30. The molecule has 23 heavy (non-hydrogen) atoms. The van der Waals surface area contributed by atoms with E-state index >= 15 is 0 Å². The predicted molar refractivity (Wildman–Crippen MR) is 95.2 cm³/mol. The Hall–Kier alpha value is -1.88. The normalized spacial score (nSPS) is 22.8. The average Bonchev–Trinajstić information content (AvgIpc) is 3.13. The Labute approximate surface area is 141 Å². The number of amides is 1. The van der Waals surface area contributed by atoms with Crippen molar-refractivity contribution in [2.75, 3.05) is 0 Å². The van der Waals surface area contributed by atoms with E-state index in [0.29, 0.717) is 17.6 Å². The number of hydrogen-bond donors (Lipinski definition) is 2. The third-order valence-electron chi connectivity index (χ3n) is 5.05. The SMILES string of the molecule is O=C1C(Cc2ccc3[nH]ccc3c2)NC(=S)N1C1CCCCC1. The number of fused-ring (bicyclic) bond motifs is 1. The maximum absolute atomic E-state index is 12.8. The fourth-order valence-corrected chi connectivity index (χ4v) is 4.22. The molecule has 1 saturated heterocycles. The van der Waals surface area contributed by atoms with Crippen LogP contribution in [0.1, 0.15) is 37.7 Å². The van der Waals surface area contributed by atoms with Crippen LogP contribution < -0.4 is 5.32 Å². The Bertz CT molecular complexity index is 748. The zero-order valence-electron chi connectivity index (χ0n) is 13.0. The van der Waals surface area contributed by atoms with Crippen molar-refractivity contribution in [3.63, 3.8) is 0 Å². The van der Waals surface area contributed by atoms with E-state index in [-0.39, 0.29) is 11.9 Å². The highest BCUT2D eigenvalue weighted by Crippen LogP contribution is 2.26. The highest BCUT2D eigenvalue weighted by molar-refractivity contribution is 7.80. The van der Waals surface area contributed by atoms with Gasteiger partial charge in [0.15, 0.2) is 5.11 Å². The van der Waals surface area contributed by atoms with E-state index in [4.69, 9.17) is 12.2 Å². The van der Waals surface area contributed by atoms with Gasteiger partial charge in [0.25, 0.3) is 5.91 Å². The van der Waals surface area contributed by atoms with Crippen molar-refractivity contribution in [1.82, 2.24) is 15.2 Å². The van der Waals surface area contributed by atoms with Crippen LogP contribution in [0.25, 0.3) is 10.9 Å². The summed E-state index contributed by atoms with van der Waals surface area (Å²) in [5, 5.41) is 5.04. The average molecular weight is 327 g/mol. The predicted octanol–water partition coefficient (Wildman–Crippen LogP) is 3.13. The lowest BCUT2D eigenvalue weighted by atomic mass is 9.94. The van der Waals surface area contributed by atoms with Crippen LogP contribution in [-0.2, 0) is 11.2 Å². The Morgan fingerprint density at radius 1 is 1.17 bits per heavy atom. The Kier molecular flexibility index (Phi) is 3.81. The zero-order chi connectivity index (χ0) is 15.8. The molecule has 120 valence electrons. The number of H-pyrrole nitrogens is 1. The molecule has 1 aromatic carbocycles. The topological polar surface area (TPSA) is 48.1 Å². The number of carbonyl (C=O) groups excluding carboxylic acids is 1. The van der Waals surface area contributed by atoms with Gasteiger partial charge in [-0.25, -0.2) is 0 Å². The third kappa shape index (κ3) is 2.74. The summed E-state index contributed by atoms with van der Waals surface area (Å²) in [5.41, 5.74) is 2.29. The van der Waals surface area contributed by atoms with Gasteiger partial charge < -0.3 is 10.3 Å². The van der Waals surface area contributed by atoms with Crippen molar-refractivity contribution < 1.29 is 4.79 Å². The molecule has 1 amide bonds. The van der Waals surface area contributed by atoms with E-state index in [1.807, 2.05) is 11.1 Å². The number of nitrogens with one attached hydrogen (secondary N) is 2. The number of thiocarbonyl (C=S) groups is 1. The minimum Gasteiger partial charge on any atom is -0.361 e. The highest BCUT2D eigenvalue weighted by Gasteiger charge is 2.39. The first-order valence-electron chi connectivity index (χ1n) is 8.42. The zero-order valence-corrected chi connectivity index (χ0v) is 13.9. The fraction of sp³-hybridized carbons (Fsp3) is 0.444. The van der Waals surface area contributed by atoms with Crippen LogP contribution in [0.15, 0.2) is 30.5 Å². The van der Waals surface area contributed by atoms with Crippen LogP contribution in [0, 0.1) is 0 Å². The lowest BCUT2D eigenvalue weighted by Crippen LogP contribution is -2.42. The molecule has 5 heteroatoms. The van der Waals surface area contributed by atoms with E-state index in [0.717, 1.165) is 23.9 Å². The van der Waals surface area contributed by atoms with Crippen molar-refractivity contribution in [2.24, 2.45) is 0 Å². The quantitative estimate of drug-likeness (QED) is 0.852. The summed E-state index contributed by atoms with van der Waals surface area (Å²) >= 11 is 5.44. The van der Waals surface area contributed by atoms with Crippen LogP contribution in [0.4, 0.5) is 0 Å². The summed E-state index contributed by atoms with van der Waals surface area (Å²) in [7, 11) is 0. The molecular formula is C18H21N3OS. The van der Waals surface area contributed by atoms with Crippen LogP contribution in [0.3, 0.4) is 0 Å². The van der Waals surface area contributed by atoms with E-state index in [1.54, 1.807) is 0 Å². The van der Waals surface area contributed by atoms with E-state index < -0.39 is 0 Å². The van der Waals surface area contributed by atoms with Gasteiger partial charge in [-0.3, -0.25) is 9.69 Å². The molecule has 1 aliphatic heterocycles. The summed E-state index contributed by atoms with van der Waals surface area (Å²) in [6, 6.07) is 8.44. The number of rotatable bonds is 3. The highest BCUT2D eigenvalue weighted by atomic mass is 32.1. The fourth-order valence-electron chi connectivity index (χ4n) is 3.84. The van der Waals surface area contributed by atoms with Gasteiger partial charge in [0.1, 0.15) is 6.04 Å². The largest absolute Gasteiger partial charge is 0.361 e. The van der Waals surface area contributed by atoms with Gasteiger partial charge in [0.2, 0.25) is 0 Å². The molecule has 2 heterocycles. The first-order chi connectivity index (χ1) is 11.2. The number of aromatic nitrogens is 1. The molecule has 1 atom stereocenters. The molecule has 1 saturated carbocycles. The molecule has 1 aromatic heterocycles. The number of carbonyl (C=O) groups is 1. The smallest absolute Gasteiger partial charge is 0.251 e. The molecule has 2 N–H and O–H groups in total. The second-order valence-electron chi connectivity index (χ2n) is 6.61. The molecule has 2 fully saturated rings. The van der Waals surface area contributed by atoms with E-state index in [2.05, 4.69) is 34.6 Å². The molecular weight excluding hydrogens is 306 g/mol. The molecule has 0 bridgehead atoms. The van der Waals surface area contributed by atoms with Crippen LogP contribution >= 0.6 is 12.2 Å². The van der Waals surface area contributed by atoms with Gasteiger partial charge in [0.05, 0.1) is 0 Å². The molecule has 1 unspecified atom stereocenters. The summed E-state index contributed by atoms with van der Waals surface area (Å²) in [6.45, 7) is 0. The minimum atomic E-state index is -0.221.